The summed E-state index contributed by atoms with van der Waals surface area (Å²) in [7, 11) is 0. The van der Waals surface area contributed by atoms with E-state index in [-0.39, 0.29) is 5.60 Å². The Labute approximate surface area is 79.5 Å². The van der Waals surface area contributed by atoms with Crippen molar-refractivity contribution in [1.29, 1.82) is 0 Å². The number of aliphatic hydroxyl groups is 1. The fourth-order valence-corrected chi connectivity index (χ4v) is 2.01. The summed E-state index contributed by atoms with van der Waals surface area (Å²) in [5.74, 6) is 0.670. The Kier molecular flexibility index (Phi) is 2.86. The number of nitrogens with one attached hydrogen (secondary N) is 1. The van der Waals surface area contributed by atoms with Crippen LogP contribution >= 0.6 is 0 Å². The van der Waals surface area contributed by atoms with Gasteiger partial charge in [0.1, 0.15) is 0 Å². The van der Waals surface area contributed by atoms with Gasteiger partial charge in [0.25, 0.3) is 0 Å². The van der Waals surface area contributed by atoms with Crippen LogP contribution in [0.15, 0.2) is 0 Å². The predicted octanol–water partition coefficient (Wildman–Crippen LogP) is 0.527. The van der Waals surface area contributed by atoms with Gasteiger partial charge in [-0.15, -0.1) is 0 Å². The van der Waals surface area contributed by atoms with Gasteiger partial charge in [0.2, 0.25) is 0 Å². The Balaban J connectivity index is 1.57. The lowest BCUT2D eigenvalue weighted by atomic mass is 9.80. The van der Waals surface area contributed by atoms with Gasteiger partial charge >= 0.3 is 0 Å². The molecule has 1 heterocycles. The molecular weight excluding hydrogens is 166 g/mol. The molecule has 3 nitrogen and oxygen atoms in total. The van der Waals surface area contributed by atoms with Gasteiger partial charge in [-0.1, -0.05) is 0 Å². The van der Waals surface area contributed by atoms with Gasteiger partial charge in [0.15, 0.2) is 0 Å². The maximum atomic E-state index is 9.79. The molecule has 3 heteroatoms. The molecular formula is C10H19NO2. The smallest absolute Gasteiger partial charge is 0.0771 e. The molecule has 2 aliphatic rings. The minimum Gasteiger partial charge on any atom is -0.389 e. The third kappa shape index (κ3) is 2.42. The molecule has 0 aromatic carbocycles. The molecule has 0 spiro atoms. The minimum absolute atomic E-state index is 0.376. The van der Waals surface area contributed by atoms with Crippen molar-refractivity contribution in [2.45, 2.75) is 31.3 Å². The third-order valence-electron chi connectivity index (χ3n) is 3.20. The van der Waals surface area contributed by atoms with E-state index in [4.69, 9.17) is 4.74 Å². The second kappa shape index (κ2) is 3.95. The standard InChI is InChI=1S/C10H19NO2/c12-10(3-1-4-10)8-11-6-9-2-5-13-7-9/h9,11-12H,1-8H2. The lowest BCUT2D eigenvalue weighted by Gasteiger charge is -2.37. The molecule has 0 aromatic heterocycles. The summed E-state index contributed by atoms with van der Waals surface area (Å²) in [6.07, 6.45) is 4.30. The van der Waals surface area contributed by atoms with Crippen LogP contribution in [-0.4, -0.2) is 37.0 Å². The number of hydrogen-bond donors (Lipinski definition) is 2. The monoisotopic (exact) mass is 185 g/mol. The van der Waals surface area contributed by atoms with Crippen molar-refractivity contribution in [3.05, 3.63) is 0 Å². The first-order valence-electron chi connectivity index (χ1n) is 5.29. The summed E-state index contributed by atoms with van der Waals surface area (Å²) in [5, 5.41) is 13.1. The Morgan fingerprint density at radius 1 is 1.46 bits per heavy atom. The van der Waals surface area contributed by atoms with Crippen molar-refractivity contribution >= 4 is 0 Å². The van der Waals surface area contributed by atoms with Gasteiger partial charge in [-0.2, -0.15) is 0 Å². The van der Waals surface area contributed by atoms with Crippen LogP contribution in [0.2, 0.25) is 0 Å². The molecule has 2 fully saturated rings. The van der Waals surface area contributed by atoms with Crippen molar-refractivity contribution in [1.82, 2.24) is 5.32 Å². The number of rotatable bonds is 4. The molecule has 1 saturated carbocycles. The van der Waals surface area contributed by atoms with Gasteiger partial charge < -0.3 is 15.2 Å². The summed E-state index contributed by atoms with van der Waals surface area (Å²) in [6, 6.07) is 0. The normalized spacial score (nSPS) is 31.6. The maximum absolute atomic E-state index is 9.79. The zero-order valence-corrected chi connectivity index (χ0v) is 8.09. The van der Waals surface area contributed by atoms with E-state index >= 15 is 0 Å². The van der Waals surface area contributed by atoms with Crippen LogP contribution in [0, 0.1) is 5.92 Å². The minimum atomic E-state index is -0.376. The molecule has 13 heavy (non-hydrogen) atoms. The highest BCUT2D eigenvalue weighted by Crippen LogP contribution is 2.30. The lowest BCUT2D eigenvalue weighted by molar-refractivity contribution is -0.0317. The molecule has 2 rings (SSSR count). The topological polar surface area (TPSA) is 41.5 Å². The Morgan fingerprint density at radius 2 is 2.31 bits per heavy atom. The molecule has 1 saturated heterocycles. The van der Waals surface area contributed by atoms with E-state index in [1.807, 2.05) is 0 Å². The van der Waals surface area contributed by atoms with Crippen molar-refractivity contribution in [3.63, 3.8) is 0 Å². The maximum Gasteiger partial charge on any atom is 0.0771 e. The highest BCUT2D eigenvalue weighted by molar-refractivity contribution is 4.89. The molecule has 1 unspecified atom stereocenters. The first kappa shape index (κ1) is 9.44. The second-order valence-corrected chi connectivity index (χ2v) is 4.44. The molecule has 0 aromatic rings. The Bertz CT molecular complexity index is 162. The van der Waals surface area contributed by atoms with E-state index in [1.165, 1.54) is 12.8 Å². The van der Waals surface area contributed by atoms with Crippen LogP contribution in [0.25, 0.3) is 0 Å². The van der Waals surface area contributed by atoms with Crippen LogP contribution < -0.4 is 5.32 Å². The predicted molar refractivity (Wildman–Crippen MR) is 50.6 cm³/mol. The number of ether oxygens (including phenoxy) is 1. The van der Waals surface area contributed by atoms with E-state index in [2.05, 4.69) is 5.32 Å². The summed E-state index contributed by atoms with van der Waals surface area (Å²) >= 11 is 0. The van der Waals surface area contributed by atoms with Crippen molar-refractivity contribution in [3.8, 4) is 0 Å². The average Bonchev–Trinajstić information content (AvgIpc) is 2.54. The van der Waals surface area contributed by atoms with Crippen LogP contribution in [0.3, 0.4) is 0 Å². The molecule has 1 atom stereocenters. The first-order chi connectivity index (χ1) is 6.29. The molecule has 0 amide bonds. The first-order valence-corrected chi connectivity index (χ1v) is 5.29. The summed E-state index contributed by atoms with van der Waals surface area (Å²) in [4.78, 5) is 0. The quantitative estimate of drug-likeness (QED) is 0.671. The average molecular weight is 185 g/mol. The SMILES string of the molecule is OC1(CNCC2CCOC2)CCC1. The molecule has 0 bridgehead atoms. The second-order valence-electron chi connectivity index (χ2n) is 4.44. The lowest BCUT2D eigenvalue weighted by Crippen LogP contribution is -2.47. The highest BCUT2D eigenvalue weighted by atomic mass is 16.5. The fourth-order valence-electron chi connectivity index (χ4n) is 2.01. The third-order valence-corrected chi connectivity index (χ3v) is 3.20. The molecule has 2 N–H and O–H groups in total. The molecule has 0 radical (unpaired) electrons. The molecule has 1 aliphatic carbocycles. The van der Waals surface area contributed by atoms with Crippen molar-refractivity contribution < 1.29 is 9.84 Å². The van der Waals surface area contributed by atoms with Gasteiger partial charge in [-0.05, 0) is 31.6 Å². The summed E-state index contributed by atoms with van der Waals surface area (Å²) < 4.78 is 5.28. The van der Waals surface area contributed by atoms with Gasteiger partial charge in [-0.25, -0.2) is 0 Å². The van der Waals surface area contributed by atoms with Crippen LogP contribution in [0.4, 0.5) is 0 Å². The Morgan fingerprint density at radius 3 is 2.85 bits per heavy atom. The van der Waals surface area contributed by atoms with E-state index in [1.54, 1.807) is 0 Å². The van der Waals surface area contributed by atoms with Gasteiger partial charge in [0.05, 0.1) is 12.2 Å². The van der Waals surface area contributed by atoms with Gasteiger partial charge in [0, 0.05) is 19.7 Å². The summed E-state index contributed by atoms with van der Waals surface area (Å²) in [6.45, 7) is 3.58. The van der Waals surface area contributed by atoms with E-state index < -0.39 is 0 Å². The van der Waals surface area contributed by atoms with Crippen LogP contribution in [-0.2, 0) is 4.74 Å². The van der Waals surface area contributed by atoms with Crippen LogP contribution in [0.1, 0.15) is 25.7 Å². The van der Waals surface area contributed by atoms with Crippen molar-refractivity contribution in [2.75, 3.05) is 26.3 Å². The molecule has 1 aliphatic heterocycles. The zero-order valence-electron chi connectivity index (χ0n) is 8.09. The van der Waals surface area contributed by atoms with Crippen LogP contribution in [0.5, 0.6) is 0 Å². The van der Waals surface area contributed by atoms with E-state index in [0.29, 0.717) is 5.92 Å². The summed E-state index contributed by atoms with van der Waals surface area (Å²) in [5.41, 5.74) is -0.376. The fraction of sp³-hybridized carbons (Fsp3) is 1.00. The largest absolute Gasteiger partial charge is 0.389 e. The Hall–Kier alpha value is -0.120. The highest BCUT2D eigenvalue weighted by Gasteiger charge is 2.33. The number of hydrogen-bond acceptors (Lipinski definition) is 3. The van der Waals surface area contributed by atoms with E-state index in [9.17, 15) is 5.11 Å². The zero-order chi connectivity index (χ0) is 9.15. The van der Waals surface area contributed by atoms with Crippen molar-refractivity contribution in [2.24, 2.45) is 5.92 Å². The molecule has 76 valence electrons. The van der Waals surface area contributed by atoms with E-state index in [0.717, 1.165) is 39.1 Å². The van der Waals surface area contributed by atoms with Gasteiger partial charge in [-0.3, -0.25) is 0 Å².